The SMILES string of the molecule is O=C(CCc1ccc2c(c1)OCO2)NCCOc1ccc(S(=O)(=O)N2CCOCC2)cc1. The van der Waals surface area contributed by atoms with Gasteiger partial charge in [-0.25, -0.2) is 8.42 Å². The number of sulfonamides is 1. The van der Waals surface area contributed by atoms with Gasteiger partial charge in [0.15, 0.2) is 11.5 Å². The highest BCUT2D eigenvalue weighted by Gasteiger charge is 2.26. The molecule has 2 aromatic rings. The van der Waals surface area contributed by atoms with Crippen LogP contribution in [0.5, 0.6) is 17.2 Å². The highest BCUT2D eigenvalue weighted by Crippen LogP contribution is 2.32. The molecular weight excluding hydrogens is 436 g/mol. The van der Waals surface area contributed by atoms with Crippen LogP contribution >= 0.6 is 0 Å². The van der Waals surface area contributed by atoms with Gasteiger partial charge >= 0.3 is 0 Å². The van der Waals surface area contributed by atoms with Crippen molar-refractivity contribution in [2.24, 2.45) is 0 Å². The molecule has 172 valence electrons. The molecule has 0 atom stereocenters. The molecule has 2 aromatic carbocycles. The zero-order valence-electron chi connectivity index (χ0n) is 17.6. The topological polar surface area (TPSA) is 103 Å². The van der Waals surface area contributed by atoms with E-state index in [0.29, 0.717) is 57.2 Å². The third-order valence-electron chi connectivity index (χ3n) is 5.20. The Morgan fingerprint density at radius 1 is 1.03 bits per heavy atom. The van der Waals surface area contributed by atoms with Crippen LogP contribution in [0.4, 0.5) is 0 Å². The molecule has 0 aliphatic carbocycles. The van der Waals surface area contributed by atoms with Crippen molar-refractivity contribution in [3.8, 4) is 17.2 Å². The lowest BCUT2D eigenvalue weighted by Gasteiger charge is -2.26. The Morgan fingerprint density at radius 2 is 1.78 bits per heavy atom. The van der Waals surface area contributed by atoms with Crippen LogP contribution in [-0.4, -0.2) is 64.9 Å². The molecule has 0 unspecified atom stereocenters. The molecule has 0 radical (unpaired) electrons. The average Bonchev–Trinajstić information content (AvgIpc) is 3.29. The summed E-state index contributed by atoms with van der Waals surface area (Å²) in [7, 11) is -3.52. The van der Waals surface area contributed by atoms with Crippen LogP contribution in [-0.2, 0) is 26.0 Å². The maximum atomic E-state index is 12.6. The summed E-state index contributed by atoms with van der Waals surface area (Å²) in [5, 5.41) is 2.82. The molecule has 0 spiro atoms. The predicted octanol–water partition coefficient (Wildman–Crippen LogP) is 1.56. The monoisotopic (exact) mass is 462 g/mol. The van der Waals surface area contributed by atoms with E-state index in [-0.39, 0.29) is 24.2 Å². The van der Waals surface area contributed by atoms with E-state index in [1.807, 2.05) is 18.2 Å². The molecule has 2 heterocycles. The zero-order valence-corrected chi connectivity index (χ0v) is 18.4. The molecular formula is C22H26N2O7S. The first kappa shape index (κ1) is 22.4. The van der Waals surface area contributed by atoms with E-state index < -0.39 is 10.0 Å². The summed E-state index contributed by atoms with van der Waals surface area (Å²) in [5.41, 5.74) is 1.01. The van der Waals surface area contributed by atoms with Crippen molar-refractivity contribution >= 4 is 15.9 Å². The minimum atomic E-state index is -3.52. The number of aryl methyl sites for hydroxylation is 1. The second-order valence-corrected chi connectivity index (χ2v) is 9.31. The summed E-state index contributed by atoms with van der Waals surface area (Å²) in [6.07, 6.45) is 0.955. The molecule has 1 amide bonds. The minimum Gasteiger partial charge on any atom is -0.492 e. The Labute approximate surface area is 187 Å². The smallest absolute Gasteiger partial charge is 0.243 e. The summed E-state index contributed by atoms with van der Waals surface area (Å²) < 4.78 is 48.1. The van der Waals surface area contributed by atoms with E-state index in [0.717, 1.165) is 11.3 Å². The maximum absolute atomic E-state index is 12.6. The van der Waals surface area contributed by atoms with Gasteiger partial charge in [0.1, 0.15) is 12.4 Å². The van der Waals surface area contributed by atoms with Crippen LogP contribution in [0, 0.1) is 0 Å². The van der Waals surface area contributed by atoms with E-state index >= 15 is 0 Å². The van der Waals surface area contributed by atoms with Crippen molar-refractivity contribution in [3.63, 3.8) is 0 Å². The van der Waals surface area contributed by atoms with E-state index in [1.54, 1.807) is 12.1 Å². The third kappa shape index (κ3) is 5.50. The molecule has 9 nitrogen and oxygen atoms in total. The number of nitrogens with zero attached hydrogens (tertiary/aromatic N) is 1. The van der Waals surface area contributed by atoms with Crippen molar-refractivity contribution in [2.45, 2.75) is 17.7 Å². The van der Waals surface area contributed by atoms with Crippen LogP contribution in [0.15, 0.2) is 47.4 Å². The fourth-order valence-electron chi connectivity index (χ4n) is 3.45. The van der Waals surface area contributed by atoms with Crippen molar-refractivity contribution in [1.82, 2.24) is 9.62 Å². The third-order valence-corrected chi connectivity index (χ3v) is 7.12. The van der Waals surface area contributed by atoms with Gasteiger partial charge in [-0.2, -0.15) is 4.31 Å². The predicted molar refractivity (Wildman–Crippen MR) is 115 cm³/mol. The Balaban J connectivity index is 1.17. The molecule has 32 heavy (non-hydrogen) atoms. The van der Waals surface area contributed by atoms with E-state index in [2.05, 4.69) is 5.32 Å². The first-order chi connectivity index (χ1) is 15.5. The molecule has 0 bridgehead atoms. The van der Waals surface area contributed by atoms with Gasteiger partial charge in [-0.05, 0) is 48.4 Å². The number of rotatable bonds is 9. The second-order valence-electron chi connectivity index (χ2n) is 7.37. The number of carbonyl (C=O) groups excluding carboxylic acids is 1. The van der Waals surface area contributed by atoms with Gasteiger partial charge in [0.25, 0.3) is 0 Å². The molecule has 0 saturated carbocycles. The number of hydrogen-bond donors (Lipinski definition) is 1. The van der Waals surface area contributed by atoms with Gasteiger partial charge in [0.05, 0.1) is 24.7 Å². The summed E-state index contributed by atoms with van der Waals surface area (Å²) in [4.78, 5) is 12.3. The number of carbonyl (C=O) groups is 1. The summed E-state index contributed by atoms with van der Waals surface area (Å²) >= 11 is 0. The quantitative estimate of drug-likeness (QED) is 0.564. The van der Waals surface area contributed by atoms with E-state index in [9.17, 15) is 13.2 Å². The number of fused-ring (bicyclic) bond motifs is 1. The van der Waals surface area contributed by atoms with Gasteiger partial charge in [-0.3, -0.25) is 4.79 Å². The van der Waals surface area contributed by atoms with Crippen LogP contribution in [0.25, 0.3) is 0 Å². The highest BCUT2D eigenvalue weighted by atomic mass is 32.2. The second kappa shape index (κ2) is 10.2. The molecule has 1 N–H and O–H groups in total. The molecule has 0 aromatic heterocycles. The Kier molecular flexibility index (Phi) is 7.13. The lowest BCUT2D eigenvalue weighted by molar-refractivity contribution is -0.121. The number of ether oxygens (including phenoxy) is 4. The fourth-order valence-corrected chi connectivity index (χ4v) is 4.85. The Morgan fingerprint density at radius 3 is 2.56 bits per heavy atom. The maximum Gasteiger partial charge on any atom is 0.243 e. The Bertz CT molecular complexity index is 1030. The number of nitrogens with one attached hydrogen (secondary N) is 1. The van der Waals surface area contributed by atoms with Crippen LogP contribution in [0.2, 0.25) is 0 Å². The highest BCUT2D eigenvalue weighted by molar-refractivity contribution is 7.89. The van der Waals surface area contributed by atoms with Gasteiger partial charge in [-0.15, -0.1) is 0 Å². The first-order valence-corrected chi connectivity index (χ1v) is 11.9. The zero-order chi connectivity index (χ0) is 22.4. The lowest BCUT2D eigenvalue weighted by atomic mass is 10.1. The summed E-state index contributed by atoms with van der Waals surface area (Å²) in [5.74, 6) is 1.90. The average molecular weight is 463 g/mol. The number of hydrogen-bond acceptors (Lipinski definition) is 7. The largest absolute Gasteiger partial charge is 0.492 e. The number of amides is 1. The normalized spacial score (nSPS) is 16.0. The molecule has 2 aliphatic rings. The van der Waals surface area contributed by atoms with Gasteiger partial charge in [0, 0.05) is 19.5 Å². The van der Waals surface area contributed by atoms with Crippen LogP contribution in [0.3, 0.4) is 0 Å². The number of morpholine rings is 1. The van der Waals surface area contributed by atoms with E-state index in [4.69, 9.17) is 18.9 Å². The Hall–Kier alpha value is -2.82. The first-order valence-electron chi connectivity index (χ1n) is 10.5. The molecule has 4 rings (SSSR count). The fraction of sp³-hybridized carbons (Fsp3) is 0.409. The summed E-state index contributed by atoms with van der Waals surface area (Å²) in [6, 6.07) is 12.0. The minimum absolute atomic E-state index is 0.0711. The summed E-state index contributed by atoms with van der Waals surface area (Å²) in [6.45, 7) is 2.39. The standard InChI is InChI=1S/C22H26N2O7S/c25-22(8-2-17-1-7-20-21(15-17)31-16-30-20)23-9-12-29-18-3-5-19(6-4-18)32(26,27)24-10-13-28-14-11-24/h1,3-7,15H,2,8-14,16H2,(H,23,25). The molecule has 1 saturated heterocycles. The van der Waals surface area contributed by atoms with E-state index in [1.165, 1.54) is 16.4 Å². The van der Waals surface area contributed by atoms with Crippen molar-refractivity contribution in [2.75, 3.05) is 46.2 Å². The van der Waals surface area contributed by atoms with Gasteiger partial charge in [0.2, 0.25) is 22.7 Å². The molecule has 10 heteroatoms. The van der Waals surface area contributed by atoms with Crippen molar-refractivity contribution < 1.29 is 32.2 Å². The van der Waals surface area contributed by atoms with Crippen molar-refractivity contribution in [3.05, 3.63) is 48.0 Å². The molecule has 2 aliphatic heterocycles. The molecule has 1 fully saturated rings. The lowest BCUT2D eigenvalue weighted by Crippen LogP contribution is -2.40. The van der Waals surface area contributed by atoms with Gasteiger partial charge in [-0.1, -0.05) is 6.07 Å². The van der Waals surface area contributed by atoms with Crippen LogP contribution in [0.1, 0.15) is 12.0 Å². The number of benzene rings is 2. The van der Waals surface area contributed by atoms with Crippen molar-refractivity contribution in [1.29, 1.82) is 0 Å². The van der Waals surface area contributed by atoms with Crippen LogP contribution < -0.4 is 19.5 Å². The van der Waals surface area contributed by atoms with Gasteiger partial charge < -0.3 is 24.3 Å².